The predicted octanol–water partition coefficient (Wildman–Crippen LogP) is 2.31. The molecule has 0 amide bonds. The summed E-state index contributed by atoms with van der Waals surface area (Å²) < 4.78 is 42.3. The molecule has 2 N–H and O–H groups in total. The summed E-state index contributed by atoms with van der Waals surface area (Å²) in [6, 6.07) is 4.68. The van der Waals surface area contributed by atoms with E-state index in [0.717, 1.165) is 12.0 Å². The van der Waals surface area contributed by atoms with Gasteiger partial charge in [-0.1, -0.05) is 13.0 Å². The Kier molecular flexibility index (Phi) is 6.61. The van der Waals surface area contributed by atoms with E-state index in [1.54, 1.807) is 19.9 Å². The molecule has 0 bridgehead atoms. The van der Waals surface area contributed by atoms with E-state index in [4.69, 9.17) is 10.5 Å². The minimum absolute atomic E-state index is 0.00681. The summed E-state index contributed by atoms with van der Waals surface area (Å²) in [6.45, 7) is 5.16. The zero-order valence-electron chi connectivity index (χ0n) is 12.8. The second-order valence-corrected chi connectivity index (χ2v) is 8.08. The summed E-state index contributed by atoms with van der Waals surface area (Å²) in [5.74, 6) is -0.535. The normalized spacial score (nSPS) is 13.4. The van der Waals surface area contributed by atoms with Crippen LogP contribution in [0.5, 0.6) is 5.75 Å². The van der Waals surface area contributed by atoms with Gasteiger partial charge in [0.2, 0.25) is 0 Å². The van der Waals surface area contributed by atoms with E-state index in [2.05, 4.69) is 0 Å². The van der Waals surface area contributed by atoms with Crippen LogP contribution >= 0.6 is 0 Å². The summed E-state index contributed by atoms with van der Waals surface area (Å²) >= 11 is 0. The van der Waals surface area contributed by atoms with Crippen molar-refractivity contribution >= 4 is 9.84 Å². The Morgan fingerprint density at radius 1 is 1.33 bits per heavy atom. The van der Waals surface area contributed by atoms with Gasteiger partial charge in [0.25, 0.3) is 0 Å². The average molecular weight is 317 g/mol. The van der Waals surface area contributed by atoms with Crippen molar-refractivity contribution in [3.05, 3.63) is 29.6 Å². The van der Waals surface area contributed by atoms with Gasteiger partial charge in [-0.15, -0.1) is 0 Å². The van der Waals surface area contributed by atoms with Crippen LogP contribution < -0.4 is 10.5 Å². The molecule has 4 nitrogen and oxygen atoms in total. The van der Waals surface area contributed by atoms with Crippen molar-refractivity contribution < 1.29 is 17.5 Å². The quantitative estimate of drug-likeness (QED) is 0.799. The van der Waals surface area contributed by atoms with Crippen LogP contribution in [0, 0.1) is 5.82 Å². The average Bonchev–Trinajstić information content (AvgIpc) is 2.40. The minimum Gasteiger partial charge on any atom is -0.489 e. The zero-order valence-corrected chi connectivity index (χ0v) is 13.6. The fourth-order valence-corrected chi connectivity index (χ4v) is 2.53. The van der Waals surface area contributed by atoms with Crippen LogP contribution in [-0.2, 0) is 16.3 Å². The molecular weight excluding hydrogens is 293 g/mol. The van der Waals surface area contributed by atoms with Crippen LogP contribution in [0.3, 0.4) is 0 Å². The van der Waals surface area contributed by atoms with Crippen LogP contribution in [0.2, 0.25) is 0 Å². The minimum atomic E-state index is -3.17. The number of nitrogens with two attached hydrogens (primary N) is 1. The molecule has 0 fully saturated rings. The van der Waals surface area contributed by atoms with Gasteiger partial charge in [0.05, 0.1) is 11.0 Å². The Morgan fingerprint density at radius 2 is 2.00 bits per heavy atom. The zero-order chi connectivity index (χ0) is 16.0. The molecule has 1 aromatic carbocycles. The molecule has 1 atom stereocenters. The lowest BCUT2D eigenvalue weighted by atomic mass is 10.0. The molecule has 6 heteroatoms. The monoisotopic (exact) mass is 317 g/mol. The maximum absolute atomic E-state index is 13.9. The topological polar surface area (TPSA) is 69.4 Å². The molecule has 120 valence electrons. The van der Waals surface area contributed by atoms with E-state index >= 15 is 0 Å². The van der Waals surface area contributed by atoms with E-state index in [0.29, 0.717) is 6.42 Å². The van der Waals surface area contributed by atoms with Gasteiger partial charge in [-0.25, -0.2) is 12.8 Å². The first kappa shape index (κ1) is 17.9. The Morgan fingerprint density at radius 3 is 2.52 bits per heavy atom. The molecule has 0 aliphatic rings. The highest BCUT2D eigenvalue weighted by Gasteiger charge is 2.16. The summed E-state index contributed by atoms with van der Waals surface area (Å²) in [6.07, 6.45) is 1.43. The van der Waals surface area contributed by atoms with Gasteiger partial charge in [0, 0.05) is 6.04 Å². The van der Waals surface area contributed by atoms with E-state index < -0.39 is 20.9 Å². The lowest BCUT2D eigenvalue weighted by molar-refractivity contribution is 0.321. The van der Waals surface area contributed by atoms with Gasteiger partial charge in [-0.2, -0.15) is 0 Å². The van der Waals surface area contributed by atoms with Crippen molar-refractivity contribution in [3.63, 3.8) is 0 Å². The number of hydrogen-bond acceptors (Lipinski definition) is 4. The molecule has 0 spiro atoms. The Hall–Kier alpha value is -1.14. The predicted molar refractivity (Wildman–Crippen MR) is 82.8 cm³/mol. The number of sulfone groups is 1. The fraction of sp³-hybridized carbons (Fsp3) is 0.600. The molecule has 0 radical (unpaired) electrons. The number of ether oxygens (including phenoxy) is 1. The van der Waals surface area contributed by atoms with E-state index in [1.807, 2.05) is 6.92 Å². The van der Waals surface area contributed by atoms with Crippen molar-refractivity contribution in [2.45, 2.75) is 44.9 Å². The van der Waals surface area contributed by atoms with Crippen LogP contribution in [0.25, 0.3) is 0 Å². The first-order valence-electron chi connectivity index (χ1n) is 7.14. The van der Waals surface area contributed by atoms with Gasteiger partial charge in [0.1, 0.15) is 6.61 Å². The molecule has 1 unspecified atom stereocenters. The van der Waals surface area contributed by atoms with Gasteiger partial charge in [-0.3, -0.25) is 0 Å². The van der Waals surface area contributed by atoms with E-state index in [1.165, 1.54) is 12.1 Å². The molecular formula is C15H24FNO3S. The van der Waals surface area contributed by atoms with Gasteiger partial charge in [-0.05, 0) is 44.4 Å². The summed E-state index contributed by atoms with van der Waals surface area (Å²) in [5, 5.41) is -0.455. The van der Waals surface area contributed by atoms with Crippen molar-refractivity contribution in [2.24, 2.45) is 5.73 Å². The van der Waals surface area contributed by atoms with Crippen LogP contribution in [0.15, 0.2) is 18.2 Å². The Balaban J connectivity index is 2.61. The molecule has 1 aromatic rings. The molecule has 21 heavy (non-hydrogen) atoms. The van der Waals surface area contributed by atoms with Crippen molar-refractivity contribution in [1.29, 1.82) is 0 Å². The lowest BCUT2D eigenvalue weighted by Crippen LogP contribution is -2.22. The van der Waals surface area contributed by atoms with Crippen LogP contribution in [0.4, 0.5) is 4.39 Å². The Bertz CT molecular complexity index is 558. The smallest absolute Gasteiger partial charge is 0.165 e. The summed E-state index contributed by atoms with van der Waals surface area (Å²) in [7, 11) is -3.17. The standard InChI is InChI=1S/C15H24FNO3S/c1-4-13(17)9-12-5-6-15(14(16)10-12)20-7-8-21(18,19)11(2)3/h5-6,10-11,13H,4,7-9,17H2,1-3H3. The van der Waals surface area contributed by atoms with Crippen molar-refractivity contribution in [2.75, 3.05) is 12.4 Å². The first-order valence-corrected chi connectivity index (χ1v) is 8.86. The second kappa shape index (κ2) is 7.75. The molecule has 0 aliphatic heterocycles. The summed E-state index contributed by atoms with van der Waals surface area (Å²) in [5.41, 5.74) is 6.64. The van der Waals surface area contributed by atoms with Gasteiger partial charge < -0.3 is 10.5 Å². The maximum atomic E-state index is 13.9. The van der Waals surface area contributed by atoms with Gasteiger partial charge in [0.15, 0.2) is 21.4 Å². The fourth-order valence-electron chi connectivity index (χ4n) is 1.74. The first-order chi connectivity index (χ1) is 9.76. The molecule has 0 aromatic heterocycles. The number of rotatable bonds is 8. The molecule has 0 saturated carbocycles. The van der Waals surface area contributed by atoms with Crippen molar-refractivity contribution in [1.82, 2.24) is 0 Å². The van der Waals surface area contributed by atoms with Crippen molar-refractivity contribution in [3.8, 4) is 5.75 Å². The molecule has 0 aliphatic carbocycles. The van der Waals surface area contributed by atoms with Gasteiger partial charge >= 0.3 is 0 Å². The third kappa shape index (κ3) is 5.63. The number of halogens is 1. The summed E-state index contributed by atoms with van der Waals surface area (Å²) in [4.78, 5) is 0. The molecule has 0 saturated heterocycles. The molecule has 1 rings (SSSR count). The Labute approximate surface area is 126 Å². The lowest BCUT2D eigenvalue weighted by Gasteiger charge is -2.12. The molecule has 0 heterocycles. The third-order valence-corrected chi connectivity index (χ3v) is 5.53. The number of benzene rings is 1. The van der Waals surface area contributed by atoms with Crippen LogP contribution in [0.1, 0.15) is 32.8 Å². The highest BCUT2D eigenvalue weighted by atomic mass is 32.2. The largest absolute Gasteiger partial charge is 0.489 e. The maximum Gasteiger partial charge on any atom is 0.165 e. The third-order valence-electron chi connectivity index (χ3n) is 3.36. The van der Waals surface area contributed by atoms with E-state index in [9.17, 15) is 12.8 Å². The van der Waals surface area contributed by atoms with E-state index in [-0.39, 0.29) is 24.2 Å². The highest BCUT2D eigenvalue weighted by molar-refractivity contribution is 7.91. The highest BCUT2D eigenvalue weighted by Crippen LogP contribution is 2.19. The second-order valence-electron chi connectivity index (χ2n) is 5.40. The SMILES string of the molecule is CCC(N)Cc1ccc(OCCS(=O)(=O)C(C)C)c(F)c1. The van der Waals surface area contributed by atoms with Crippen LogP contribution in [-0.4, -0.2) is 32.1 Å². The number of hydrogen-bond donors (Lipinski definition) is 1.